The molecule has 0 bridgehead atoms. The highest BCUT2D eigenvalue weighted by molar-refractivity contribution is 8.00. The smallest absolute Gasteiger partial charge is 0.323 e. The molecule has 1 aliphatic rings. The molecule has 1 rings (SSSR count). The molecule has 3 unspecified atom stereocenters. The summed E-state index contributed by atoms with van der Waals surface area (Å²) in [5, 5.41) is 1.20. The van der Waals surface area contributed by atoms with Gasteiger partial charge in [0, 0.05) is 23.6 Å². The topological polar surface area (TPSA) is 29.5 Å². The molecular weight excluding hydrogens is 210 g/mol. The van der Waals surface area contributed by atoms with Crippen LogP contribution in [0.5, 0.6) is 0 Å². The van der Waals surface area contributed by atoms with Crippen LogP contribution in [0.25, 0.3) is 0 Å². The molecule has 1 fully saturated rings. The molecule has 0 saturated carbocycles. The van der Waals surface area contributed by atoms with Crippen LogP contribution in [-0.4, -0.2) is 47.1 Å². The van der Waals surface area contributed by atoms with E-state index in [-0.39, 0.29) is 12.0 Å². The van der Waals surface area contributed by atoms with Crippen molar-refractivity contribution in [1.29, 1.82) is 0 Å². The quantitative estimate of drug-likeness (QED) is 0.692. The standard InChI is InChI=1S/C11H21NO2S/c1-5-14-11(13)10(4)12-6-8(2)15-9(3)7-12/h8-10H,5-7H2,1-4H3. The lowest BCUT2D eigenvalue weighted by Crippen LogP contribution is -2.48. The lowest BCUT2D eigenvalue weighted by atomic mass is 10.2. The number of esters is 1. The van der Waals surface area contributed by atoms with E-state index in [4.69, 9.17) is 4.74 Å². The zero-order valence-electron chi connectivity index (χ0n) is 10.0. The lowest BCUT2D eigenvalue weighted by Gasteiger charge is -2.37. The van der Waals surface area contributed by atoms with Crippen LogP contribution in [0.3, 0.4) is 0 Å². The van der Waals surface area contributed by atoms with Crippen LogP contribution < -0.4 is 0 Å². The predicted molar refractivity (Wildman–Crippen MR) is 64.2 cm³/mol. The average molecular weight is 231 g/mol. The van der Waals surface area contributed by atoms with Gasteiger partial charge < -0.3 is 4.74 Å². The average Bonchev–Trinajstić information content (AvgIpc) is 2.15. The first-order chi connectivity index (χ1) is 7.04. The maximum atomic E-state index is 11.6. The zero-order chi connectivity index (χ0) is 11.4. The Morgan fingerprint density at radius 1 is 1.47 bits per heavy atom. The Labute approximate surface area is 96.5 Å². The molecule has 0 aromatic carbocycles. The molecule has 0 aliphatic carbocycles. The van der Waals surface area contributed by atoms with Crippen molar-refractivity contribution < 1.29 is 9.53 Å². The Hall–Kier alpha value is -0.220. The number of thioether (sulfide) groups is 1. The van der Waals surface area contributed by atoms with Crippen LogP contribution in [0, 0.1) is 0 Å². The molecule has 0 spiro atoms. The van der Waals surface area contributed by atoms with E-state index in [1.54, 1.807) is 0 Å². The number of nitrogens with zero attached hydrogens (tertiary/aromatic N) is 1. The van der Waals surface area contributed by atoms with Crippen LogP contribution in [0.1, 0.15) is 27.7 Å². The monoisotopic (exact) mass is 231 g/mol. The van der Waals surface area contributed by atoms with Gasteiger partial charge in [0.1, 0.15) is 6.04 Å². The summed E-state index contributed by atoms with van der Waals surface area (Å²) in [6, 6.07) is -0.101. The third kappa shape index (κ3) is 3.68. The Balaban J connectivity index is 2.51. The minimum absolute atomic E-state index is 0.0937. The third-order valence-corrected chi connectivity index (χ3v) is 3.85. The Morgan fingerprint density at radius 3 is 2.47 bits per heavy atom. The van der Waals surface area contributed by atoms with Crippen molar-refractivity contribution in [3.8, 4) is 0 Å². The molecule has 1 saturated heterocycles. The van der Waals surface area contributed by atoms with Gasteiger partial charge >= 0.3 is 5.97 Å². The second-order valence-corrected chi connectivity index (χ2v) is 6.02. The van der Waals surface area contributed by atoms with Gasteiger partial charge in [-0.1, -0.05) is 13.8 Å². The van der Waals surface area contributed by atoms with Gasteiger partial charge in [-0.15, -0.1) is 0 Å². The summed E-state index contributed by atoms with van der Waals surface area (Å²) in [5.41, 5.74) is 0. The number of hydrogen-bond acceptors (Lipinski definition) is 4. The Bertz CT molecular complexity index is 213. The van der Waals surface area contributed by atoms with Crippen molar-refractivity contribution in [2.24, 2.45) is 0 Å². The molecule has 0 N–H and O–H groups in total. The van der Waals surface area contributed by atoms with E-state index < -0.39 is 0 Å². The van der Waals surface area contributed by atoms with Crippen molar-refractivity contribution in [3.05, 3.63) is 0 Å². The highest BCUT2D eigenvalue weighted by atomic mass is 32.2. The Kier molecular flexibility index (Phi) is 4.93. The largest absolute Gasteiger partial charge is 0.465 e. The number of hydrogen-bond donors (Lipinski definition) is 0. The van der Waals surface area contributed by atoms with Gasteiger partial charge in [0.25, 0.3) is 0 Å². The summed E-state index contributed by atoms with van der Waals surface area (Å²) in [6.07, 6.45) is 0. The fourth-order valence-corrected chi connectivity index (χ4v) is 3.29. The maximum Gasteiger partial charge on any atom is 0.323 e. The van der Waals surface area contributed by atoms with E-state index in [0.29, 0.717) is 17.1 Å². The summed E-state index contributed by atoms with van der Waals surface area (Å²) < 4.78 is 5.04. The minimum atomic E-state index is -0.101. The van der Waals surface area contributed by atoms with Crippen molar-refractivity contribution in [3.63, 3.8) is 0 Å². The van der Waals surface area contributed by atoms with Crippen LogP contribution in [0.4, 0.5) is 0 Å². The molecule has 3 atom stereocenters. The Morgan fingerprint density at radius 2 is 2.00 bits per heavy atom. The fraction of sp³-hybridized carbons (Fsp3) is 0.909. The molecule has 1 aliphatic heterocycles. The van der Waals surface area contributed by atoms with Gasteiger partial charge in [-0.25, -0.2) is 0 Å². The summed E-state index contributed by atoms with van der Waals surface area (Å²) in [6.45, 7) is 10.6. The number of ether oxygens (including phenoxy) is 1. The molecule has 0 aromatic rings. The van der Waals surface area contributed by atoms with Crippen molar-refractivity contribution in [2.75, 3.05) is 19.7 Å². The van der Waals surface area contributed by atoms with Crippen LogP contribution in [0.15, 0.2) is 0 Å². The zero-order valence-corrected chi connectivity index (χ0v) is 10.8. The summed E-state index contributed by atoms with van der Waals surface area (Å²) >= 11 is 1.99. The highest BCUT2D eigenvalue weighted by Gasteiger charge is 2.29. The van der Waals surface area contributed by atoms with Crippen molar-refractivity contribution in [2.45, 2.75) is 44.2 Å². The summed E-state index contributed by atoms with van der Waals surface area (Å²) in [5.74, 6) is -0.0937. The molecule has 88 valence electrons. The fourth-order valence-electron chi connectivity index (χ4n) is 1.95. The maximum absolute atomic E-state index is 11.6. The normalized spacial score (nSPS) is 29.9. The number of carbonyl (C=O) groups excluding carboxylic acids is 1. The van der Waals surface area contributed by atoms with E-state index >= 15 is 0 Å². The second-order valence-electron chi connectivity index (χ2n) is 4.14. The first-order valence-corrected chi connectivity index (χ1v) is 6.55. The number of rotatable bonds is 3. The molecule has 0 amide bonds. The minimum Gasteiger partial charge on any atom is -0.465 e. The SMILES string of the molecule is CCOC(=O)C(C)N1CC(C)SC(C)C1. The van der Waals surface area contributed by atoms with Crippen LogP contribution >= 0.6 is 11.8 Å². The summed E-state index contributed by atoms with van der Waals surface area (Å²) in [7, 11) is 0. The van der Waals surface area contributed by atoms with Gasteiger partial charge in [-0.3, -0.25) is 9.69 Å². The number of carbonyl (C=O) groups is 1. The van der Waals surface area contributed by atoms with Crippen molar-refractivity contribution in [1.82, 2.24) is 4.90 Å². The molecule has 3 nitrogen and oxygen atoms in total. The highest BCUT2D eigenvalue weighted by Crippen LogP contribution is 2.25. The third-order valence-electron chi connectivity index (χ3n) is 2.62. The molecule has 15 heavy (non-hydrogen) atoms. The first-order valence-electron chi connectivity index (χ1n) is 5.60. The van der Waals surface area contributed by atoms with E-state index in [2.05, 4.69) is 18.7 Å². The predicted octanol–water partition coefficient (Wildman–Crippen LogP) is 1.76. The molecule has 4 heteroatoms. The van der Waals surface area contributed by atoms with E-state index in [1.807, 2.05) is 25.6 Å². The van der Waals surface area contributed by atoms with Crippen molar-refractivity contribution >= 4 is 17.7 Å². The van der Waals surface area contributed by atoms with Gasteiger partial charge in [-0.2, -0.15) is 11.8 Å². The van der Waals surface area contributed by atoms with Gasteiger partial charge in [0.05, 0.1) is 6.61 Å². The van der Waals surface area contributed by atoms with Gasteiger partial charge in [-0.05, 0) is 13.8 Å². The lowest BCUT2D eigenvalue weighted by molar-refractivity contribution is -0.148. The molecule has 0 aromatic heterocycles. The first kappa shape index (κ1) is 12.8. The molecule has 0 radical (unpaired) electrons. The van der Waals surface area contributed by atoms with E-state index in [1.165, 1.54) is 0 Å². The van der Waals surface area contributed by atoms with Crippen LogP contribution in [0.2, 0.25) is 0 Å². The van der Waals surface area contributed by atoms with Crippen LogP contribution in [-0.2, 0) is 9.53 Å². The summed E-state index contributed by atoms with van der Waals surface area (Å²) in [4.78, 5) is 13.8. The van der Waals surface area contributed by atoms with Gasteiger partial charge in [0.15, 0.2) is 0 Å². The van der Waals surface area contributed by atoms with Gasteiger partial charge in [0.2, 0.25) is 0 Å². The van der Waals surface area contributed by atoms with E-state index in [0.717, 1.165) is 13.1 Å². The second kappa shape index (κ2) is 5.75. The van der Waals surface area contributed by atoms with E-state index in [9.17, 15) is 4.79 Å². The molecule has 1 heterocycles. The molecular formula is C11H21NO2S.